The number of carbonyl (C=O) groups excluding carboxylic acids is 1. The van der Waals surface area contributed by atoms with E-state index in [1.807, 2.05) is 18.2 Å². The number of aliphatic hydroxyl groups excluding tert-OH is 1. The lowest BCUT2D eigenvalue weighted by Gasteiger charge is -2.31. The molecule has 4 nitrogen and oxygen atoms in total. The van der Waals surface area contributed by atoms with Gasteiger partial charge in [0.05, 0.1) is 12.6 Å². The van der Waals surface area contributed by atoms with Crippen LogP contribution in [0.15, 0.2) is 48.5 Å². The van der Waals surface area contributed by atoms with Crippen molar-refractivity contribution >= 4 is 11.6 Å². The highest BCUT2D eigenvalue weighted by Crippen LogP contribution is 2.38. The van der Waals surface area contributed by atoms with Gasteiger partial charge in [0, 0.05) is 17.8 Å². The molecule has 1 aliphatic carbocycles. The van der Waals surface area contributed by atoms with Crippen molar-refractivity contribution in [1.29, 1.82) is 0 Å². The van der Waals surface area contributed by atoms with Gasteiger partial charge in [-0.1, -0.05) is 37.3 Å². The van der Waals surface area contributed by atoms with E-state index in [1.165, 1.54) is 11.1 Å². The average molecular weight is 324 g/mol. The second-order valence-electron chi connectivity index (χ2n) is 6.36. The zero-order chi connectivity index (χ0) is 16.9. The topological polar surface area (TPSA) is 61.4 Å². The lowest BCUT2D eigenvalue weighted by Crippen LogP contribution is -2.26. The van der Waals surface area contributed by atoms with Crippen LogP contribution in [0.5, 0.6) is 0 Å². The maximum absolute atomic E-state index is 12.0. The summed E-state index contributed by atoms with van der Waals surface area (Å²) in [5, 5.41) is 15.1. The fourth-order valence-electron chi connectivity index (χ4n) is 3.38. The van der Waals surface area contributed by atoms with E-state index < -0.39 is 0 Å². The maximum Gasteiger partial charge on any atom is 0.251 e. The van der Waals surface area contributed by atoms with E-state index in [1.54, 1.807) is 6.07 Å². The minimum atomic E-state index is -0.162. The first-order chi connectivity index (χ1) is 11.7. The van der Waals surface area contributed by atoms with Crippen molar-refractivity contribution in [3.63, 3.8) is 0 Å². The van der Waals surface area contributed by atoms with Crippen molar-refractivity contribution in [3.8, 4) is 0 Å². The van der Waals surface area contributed by atoms with Crippen LogP contribution in [0.25, 0.3) is 0 Å². The van der Waals surface area contributed by atoms with E-state index in [-0.39, 0.29) is 25.1 Å². The highest BCUT2D eigenvalue weighted by atomic mass is 16.3. The van der Waals surface area contributed by atoms with Gasteiger partial charge in [0.15, 0.2) is 0 Å². The fourth-order valence-corrected chi connectivity index (χ4v) is 3.38. The molecule has 126 valence electrons. The molecule has 24 heavy (non-hydrogen) atoms. The van der Waals surface area contributed by atoms with E-state index in [9.17, 15) is 4.79 Å². The first kappa shape index (κ1) is 16.5. The number of nitrogens with one attached hydrogen (secondary N) is 2. The van der Waals surface area contributed by atoms with Crippen LogP contribution in [0.3, 0.4) is 0 Å². The lowest BCUT2D eigenvalue weighted by atomic mass is 9.81. The Morgan fingerprint density at radius 2 is 1.92 bits per heavy atom. The number of amides is 1. The monoisotopic (exact) mass is 324 g/mol. The van der Waals surface area contributed by atoms with Gasteiger partial charge in [0.2, 0.25) is 0 Å². The Hall–Kier alpha value is -2.33. The van der Waals surface area contributed by atoms with Crippen molar-refractivity contribution in [2.75, 3.05) is 18.5 Å². The second-order valence-corrected chi connectivity index (χ2v) is 6.36. The van der Waals surface area contributed by atoms with Crippen molar-refractivity contribution in [2.24, 2.45) is 0 Å². The number of rotatable bonds is 5. The molecule has 4 heteroatoms. The van der Waals surface area contributed by atoms with E-state index in [4.69, 9.17) is 5.11 Å². The van der Waals surface area contributed by atoms with Crippen LogP contribution in [0.4, 0.5) is 5.69 Å². The summed E-state index contributed by atoms with van der Waals surface area (Å²) < 4.78 is 0. The normalized spacial score (nSPS) is 19.4. The van der Waals surface area contributed by atoms with Crippen molar-refractivity contribution < 1.29 is 9.90 Å². The molecule has 1 amide bonds. The van der Waals surface area contributed by atoms with Gasteiger partial charge in [0.25, 0.3) is 5.91 Å². The van der Waals surface area contributed by atoms with Gasteiger partial charge in [-0.25, -0.2) is 0 Å². The van der Waals surface area contributed by atoms with Crippen LogP contribution in [0, 0.1) is 0 Å². The van der Waals surface area contributed by atoms with E-state index in [0.29, 0.717) is 11.5 Å². The smallest absolute Gasteiger partial charge is 0.251 e. The molecule has 0 heterocycles. The average Bonchev–Trinajstić information content (AvgIpc) is 2.62. The molecule has 2 aromatic rings. The number of fused-ring (bicyclic) bond motifs is 1. The number of hydrogen-bond donors (Lipinski definition) is 3. The molecule has 0 aromatic heterocycles. The largest absolute Gasteiger partial charge is 0.395 e. The van der Waals surface area contributed by atoms with Gasteiger partial charge in [-0.15, -0.1) is 0 Å². The third-order valence-electron chi connectivity index (χ3n) is 4.65. The Morgan fingerprint density at radius 1 is 1.12 bits per heavy atom. The van der Waals surface area contributed by atoms with Crippen LogP contribution in [0.2, 0.25) is 0 Å². The second kappa shape index (κ2) is 7.49. The predicted octanol–water partition coefficient (Wildman–Crippen LogP) is 3.46. The summed E-state index contributed by atoms with van der Waals surface area (Å²) in [5.74, 6) is 0.431. The zero-order valence-electron chi connectivity index (χ0n) is 14.0. The van der Waals surface area contributed by atoms with Crippen LogP contribution in [-0.4, -0.2) is 24.2 Å². The van der Waals surface area contributed by atoms with E-state index in [0.717, 1.165) is 18.5 Å². The summed E-state index contributed by atoms with van der Waals surface area (Å²) in [6, 6.07) is 16.4. The standard InChI is InChI=1S/C20H24N2O2/c1-14-9-10-19(18-8-3-2-7-17(14)18)22-16-6-4-5-15(13-16)20(24)21-11-12-23/h2-8,13-14,19,22-23H,9-12H2,1H3,(H,21,24). The molecule has 0 aliphatic heterocycles. The maximum atomic E-state index is 12.0. The van der Waals surface area contributed by atoms with E-state index in [2.05, 4.69) is 41.8 Å². The predicted molar refractivity (Wildman–Crippen MR) is 96.3 cm³/mol. The molecule has 2 aromatic carbocycles. The minimum Gasteiger partial charge on any atom is -0.395 e. The molecular formula is C20H24N2O2. The van der Waals surface area contributed by atoms with Crippen molar-refractivity contribution in [1.82, 2.24) is 5.32 Å². The molecular weight excluding hydrogens is 300 g/mol. The molecule has 0 saturated carbocycles. The molecule has 3 N–H and O–H groups in total. The van der Waals surface area contributed by atoms with Gasteiger partial charge in [0.1, 0.15) is 0 Å². The third-order valence-corrected chi connectivity index (χ3v) is 4.65. The van der Waals surface area contributed by atoms with E-state index >= 15 is 0 Å². The van der Waals surface area contributed by atoms with Gasteiger partial charge in [-0.2, -0.15) is 0 Å². The molecule has 2 unspecified atom stereocenters. The summed E-state index contributed by atoms with van der Waals surface area (Å²) in [4.78, 5) is 12.0. The van der Waals surface area contributed by atoms with Crippen molar-refractivity contribution in [2.45, 2.75) is 31.7 Å². The van der Waals surface area contributed by atoms with Crippen LogP contribution in [0.1, 0.15) is 53.2 Å². The highest BCUT2D eigenvalue weighted by Gasteiger charge is 2.24. The van der Waals surface area contributed by atoms with Gasteiger partial charge < -0.3 is 15.7 Å². The summed E-state index contributed by atoms with van der Waals surface area (Å²) in [5.41, 5.74) is 4.32. The van der Waals surface area contributed by atoms with Crippen molar-refractivity contribution in [3.05, 3.63) is 65.2 Å². The van der Waals surface area contributed by atoms with Gasteiger partial charge >= 0.3 is 0 Å². The number of carbonyl (C=O) groups is 1. The molecule has 0 saturated heterocycles. The Bertz CT molecular complexity index is 714. The zero-order valence-corrected chi connectivity index (χ0v) is 14.0. The summed E-state index contributed by atoms with van der Waals surface area (Å²) in [6.45, 7) is 2.49. The Balaban J connectivity index is 1.77. The van der Waals surface area contributed by atoms with Gasteiger partial charge in [-0.3, -0.25) is 4.79 Å². The first-order valence-electron chi connectivity index (χ1n) is 8.53. The summed E-state index contributed by atoms with van der Waals surface area (Å²) in [6.07, 6.45) is 2.24. The highest BCUT2D eigenvalue weighted by molar-refractivity contribution is 5.95. The Morgan fingerprint density at radius 3 is 2.71 bits per heavy atom. The Labute approximate surface area is 142 Å². The Kier molecular flexibility index (Phi) is 5.16. The minimum absolute atomic E-state index is 0.0548. The quantitative estimate of drug-likeness (QED) is 0.789. The molecule has 0 spiro atoms. The number of hydrogen-bond acceptors (Lipinski definition) is 3. The summed E-state index contributed by atoms with van der Waals surface area (Å²) in [7, 11) is 0. The number of anilines is 1. The molecule has 3 rings (SSSR count). The molecule has 1 aliphatic rings. The van der Waals surface area contributed by atoms with Gasteiger partial charge in [-0.05, 0) is 48.1 Å². The van der Waals surface area contributed by atoms with Crippen LogP contribution in [-0.2, 0) is 0 Å². The third kappa shape index (κ3) is 3.60. The van der Waals surface area contributed by atoms with Crippen LogP contribution < -0.4 is 10.6 Å². The number of aliphatic hydroxyl groups is 1. The first-order valence-corrected chi connectivity index (χ1v) is 8.53. The fraction of sp³-hybridized carbons (Fsp3) is 0.350. The SMILES string of the molecule is CC1CCC(Nc2cccc(C(=O)NCCO)c2)c2ccccc21. The summed E-state index contributed by atoms with van der Waals surface area (Å²) >= 11 is 0. The number of benzene rings is 2. The molecule has 0 fully saturated rings. The van der Waals surface area contributed by atoms with Crippen LogP contribution >= 0.6 is 0 Å². The molecule has 0 bridgehead atoms. The molecule has 0 radical (unpaired) electrons. The molecule has 2 atom stereocenters. The lowest BCUT2D eigenvalue weighted by molar-refractivity contribution is 0.0945.